The Morgan fingerprint density at radius 1 is 0.719 bits per heavy atom. The standard InChI is InChI=1S/C24H30N4O4/c1-3-5-15-31-21-11-7-19(8-12-21)17-25-27-23(29)24(30)28-26-18-20-9-13-22(14-10-20)32-16-6-4-2/h7-14,17-18H,3-6,15-16H2,1-2H3,(H,27,29)(H,28,30). The lowest BCUT2D eigenvalue weighted by Gasteiger charge is -2.05. The largest absolute Gasteiger partial charge is 0.494 e. The third-order valence-electron chi connectivity index (χ3n) is 4.26. The van der Waals surface area contributed by atoms with Crippen molar-refractivity contribution in [2.24, 2.45) is 10.2 Å². The van der Waals surface area contributed by atoms with Crippen LogP contribution in [0.1, 0.15) is 50.7 Å². The van der Waals surface area contributed by atoms with Crippen LogP contribution in [0.15, 0.2) is 58.7 Å². The zero-order valence-electron chi connectivity index (χ0n) is 18.5. The highest BCUT2D eigenvalue weighted by molar-refractivity contribution is 6.35. The molecular weight excluding hydrogens is 408 g/mol. The molecule has 0 saturated heterocycles. The van der Waals surface area contributed by atoms with Crippen molar-refractivity contribution in [1.29, 1.82) is 0 Å². The van der Waals surface area contributed by atoms with Gasteiger partial charge in [0.15, 0.2) is 0 Å². The van der Waals surface area contributed by atoms with E-state index in [1.807, 2.05) is 24.3 Å². The van der Waals surface area contributed by atoms with Crippen LogP contribution in [0.2, 0.25) is 0 Å². The molecular formula is C24H30N4O4. The highest BCUT2D eigenvalue weighted by atomic mass is 16.5. The van der Waals surface area contributed by atoms with Gasteiger partial charge in [-0.2, -0.15) is 10.2 Å². The van der Waals surface area contributed by atoms with Gasteiger partial charge in [0.2, 0.25) is 0 Å². The third kappa shape index (κ3) is 9.42. The Morgan fingerprint density at radius 3 is 1.44 bits per heavy atom. The van der Waals surface area contributed by atoms with Gasteiger partial charge in [0.25, 0.3) is 0 Å². The van der Waals surface area contributed by atoms with Crippen molar-refractivity contribution in [3.05, 3.63) is 59.7 Å². The van der Waals surface area contributed by atoms with E-state index in [4.69, 9.17) is 9.47 Å². The molecule has 0 saturated carbocycles. The molecule has 0 unspecified atom stereocenters. The number of carbonyl (C=O) groups is 2. The van der Waals surface area contributed by atoms with Crippen LogP contribution in [-0.4, -0.2) is 37.5 Å². The molecule has 2 N–H and O–H groups in total. The van der Waals surface area contributed by atoms with Gasteiger partial charge >= 0.3 is 11.8 Å². The lowest BCUT2D eigenvalue weighted by Crippen LogP contribution is -2.35. The van der Waals surface area contributed by atoms with E-state index >= 15 is 0 Å². The van der Waals surface area contributed by atoms with Crippen LogP contribution in [-0.2, 0) is 9.59 Å². The first-order chi connectivity index (χ1) is 15.6. The number of hydrogen-bond donors (Lipinski definition) is 2. The molecule has 0 aliphatic rings. The van der Waals surface area contributed by atoms with E-state index in [2.05, 4.69) is 34.9 Å². The summed E-state index contributed by atoms with van der Waals surface area (Å²) in [5, 5.41) is 7.56. The van der Waals surface area contributed by atoms with Crippen LogP contribution >= 0.6 is 0 Å². The monoisotopic (exact) mass is 438 g/mol. The minimum absolute atomic E-state index is 0.677. The number of carbonyl (C=O) groups excluding carboxylic acids is 2. The average Bonchev–Trinajstić information content (AvgIpc) is 2.81. The van der Waals surface area contributed by atoms with Gasteiger partial charge in [0.1, 0.15) is 11.5 Å². The number of benzene rings is 2. The van der Waals surface area contributed by atoms with Crippen molar-refractivity contribution in [2.75, 3.05) is 13.2 Å². The minimum Gasteiger partial charge on any atom is -0.494 e. The number of nitrogens with one attached hydrogen (secondary N) is 2. The van der Waals surface area contributed by atoms with E-state index in [1.165, 1.54) is 12.4 Å². The summed E-state index contributed by atoms with van der Waals surface area (Å²) in [7, 11) is 0. The maximum Gasteiger partial charge on any atom is 0.331 e. The Hall–Kier alpha value is -3.68. The number of hydrazone groups is 2. The van der Waals surface area contributed by atoms with Gasteiger partial charge in [-0.1, -0.05) is 26.7 Å². The van der Waals surface area contributed by atoms with Crippen LogP contribution in [0.5, 0.6) is 11.5 Å². The van der Waals surface area contributed by atoms with E-state index in [9.17, 15) is 9.59 Å². The van der Waals surface area contributed by atoms with E-state index in [0.29, 0.717) is 13.2 Å². The van der Waals surface area contributed by atoms with Crippen molar-refractivity contribution in [3.8, 4) is 11.5 Å². The molecule has 8 nitrogen and oxygen atoms in total. The van der Waals surface area contributed by atoms with Crippen LogP contribution in [0.3, 0.4) is 0 Å². The predicted octanol–water partition coefficient (Wildman–Crippen LogP) is 3.64. The van der Waals surface area contributed by atoms with Gasteiger partial charge in [-0.25, -0.2) is 10.9 Å². The minimum atomic E-state index is -0.919. The maximum absolute atomic E-state index is 11.8. The average molecular weight is 439 g/mol. The first-order valence-electron chi connectivity index (χ1n) is 10.7. The Balaban J connectivity index is 1.72. The number of unbranched alkanes of at least 4 members (excludes halogenated alkanes) is 2. The van der Waals surface area contributed by atoms with Crippen molar-refractivity contribution < 1.29 is 19.1 Å². The number of nitrogens with zero attached hydrogens (tertiary/aromatic N) is 2. The van der Waals surface area contributed by atoms with Crippen molar-refractivity contribution >= 4 is 24.2 Å². The Kier molecular flexibility index (Phi) is 11.0. The van der Waals surface area contributed by atoms with Gasteiger partial charge in [0.05, 0.1) is 25.6 Å². The molecule has 0 atom stereocenters. The SMILES string of the molecule is CCCCOc1ccc(C=NNC(=O)C(=O)NN=Cc2ccc(OCCCC)cc2)cc1. The smallest absolute Gasteiger partial charge is 0.331 e. The molecule has 0 radical (unpaired) electrons. The van der Waals surface area contributed by atoms with Crippen LogP contribution < -0.4 is 20.3 Å². The summed E-state index contributed by atoms with van der Waals surface area (Å²) in [5.41, 5.74) is 5.85. The first-order valence-corrected chi connectivity index (χ1v) is 10.7. The van der Waals surface area contributed by atoms with Crippen molar-refractivity contribution in [1.82, 2.24) is 10.9 Å². The molecule has 2 aromatic carbocycles. The summed E-state index contributed by atoms with van der Waals surface area (Å²) in [6, 6.07) is 14.5. The molecule has 0 aliphatic heterocycles. The quantitative estimate of drug-likeness (QED) is 0.229. The molecule has 2 amide bonds. The predicted molar refractivity (Wildman–Crippen MR) is 125 cm³/mol. The van der Waals surface area contributed by atoms with Crippen molar-refractivity contribution in [3.63, 3.8) is 0 Å². The van der Waals surface area contributed by atoms with Crippen molar-refractivity contribution in [2.45, 2.75) is 39.5 Å². The molecule has 0 heterocycles. The van der Waals surface area contributed by atoms with E-state index in [-0.39, 0.29) is 0 Å². The zero-order valence-corrected chi connectivity index (χ0v) is 18.5. The summed E-state index contributed by atoms with van der Waals surface area (Å²) < 4.78 is 11.2. The molecule has 2 rings (SSSR count). The number of amides is 2. The second kappa shape index (κ2) is 14.3. The molecule has 0 aliphatic carbocycles. The highest BCUT2D eigenvalue weighted by Gasteiger charge is 2.11. The molecule has 0 aromatic heterocycles. The Bertz CT molecular complexity index is 818. The molecule has 0 fully saturated rings. The van der Waals surface area contributed by atoms with E-state index < -0.39 is 11.8 Å². The Morgan fingerprint density at radius 2 is 1.09 bits per heavy atom. The maximum atomic E-state index is 11.8. The summed E-state index contributed by atoms with van der Waals surface area (Å²) in [4.78, 5) is 23.6. The van der Waals surface area contributed by atoms with Gasteiger partial charge in [-0.3, -0.25) is 9.59 Å². The lowest BCUT2D eigenvalue weighted by molar-refractivity contribution is -0.139. The fraction of sp³-hybridized carbons (Fsp3) is 0.333. The normalized spacial score (nSPS) is 10.9. The molecule has 0 bridgehead atoms. The molecule has 0 spiro atoms. The summed E-state index contributed by atoms with van der Waals surface area (Å²) in [5.74, 6) is -0.291. The van der Waals surface area contributed by atoms with E-state index in [1.54, 1.807) is 24.3 Å². The van der Waals surface area contributed by atoms with Gasteiger partial charge in [-0.05, 0) is 72.5 Å². The Labute approximate surface area is 188 Å². The van der Waals surface area contributed by atoms with E-state index in [0.717, 1.165) is 48.3 Å². The lowest BCUT2D eigenvalue weighted by atomic mass is 10.2. The topological polar surface area (TPSA) is 101 Å². The fourth-order valence-electron chi connectivity index (χ4n) is 2.40. The van der Waals surface area contributed by atoms with Gasteiger partial charge < -0.3 is 9.47 Å². The molecule has 2 aromatic rings. The van der Waals surface area contributed by atoms with Crippen LogP contribution in [0.4, 0.5) is 0 Å². The van der Waals surface area contributed by atoms with Gasteiger partial charge in [0, 0.05) is 0 Å². The number of hydrogen-bond acceptors (Lipinski definition) is 6. The third-order valence-corrected chi connectivity index (χ3v) is 4.26. The zero-order chi connectivity index (χ0) is 23.0. The molecule has 32 heavy (non-hydrogen) atoms. The second-order valence-electron chi connectivity index (χ2n) is 6.94. The summed E-state index contributed by atoms with van der Waals surface area (Å²) in [6.07, 6.45) is 7.03. The first kappa shape index (κ1) is 24.6. The fourth-order valence-corrected chi connectivity index (χ4v) is 2.40. The summed E-state index contributed by atoms with van der Waals surface area (Å²) >= 11 is 0. The second-order valence-corrected chi connectivity index (χ2v) is 6.94. The molecule has 8 heteroatoms. The van der Waals surface area contributed by atoms with Crippen LogP contribution in [0, 0.1) is 0 Å². The summed E-state index contributed by atoms with van der Waals surface area (Å²) in [6.45, 7) is 5.56. The van der Waals surface area contributed by atoms with Gasteiger partial charge in [-0.15, -0.1) is 0 Å². The highest BCUT2D eigenvalue weighted by Crippen LogP contribution is 2.12. The number of ether oxygens (including phenoxy) is 2. The molecule has 170 valence electrons. The van der Waals surface area contributed by atoms with Crippen LogP contribution in [0.25, 0.3) is 0 Å². The number of rotatable bonds is 12.